The van der Waals surface area contributed by atoms with Crippen molar-refractivity contribution in [2.45, 2.75) is 18.6 Å². The summed E-state index contributed by atoms with van der Waals surface area (Å²) in [6.45, 7) is 0.551. The van der Waals surface area contributed by atoms with Crippen molar-refractivity contribution in [1.29, 1.82) is 0 Å². The molecule has 2 aromatic rings. The van der Waals surface area contributed by atoms with Crippen LogP contribution in [0.25, 0.3) is 11.3 Å². The van der Waals surface area contributed by atoms with Gasteiger partial charge in [-0.05, 0) is 24.1 Å². The number of fused-ring (bicyclic) bond motifs is 3. The maximum atomic E-state index is 13.7. The maximum Gasteiger partial charge on any atom is 0.211 e. The van der Waals surface area contributed by atoms with Crippen LogP contribution in [-0.2, 0) is 10.0 Å². The minimum Gasteiger partial charge on any atom is -0.393 e. The van der Waals surface area contributed by atoms with E-state index in [4.69, 9.17) is 0 Å². The van der Waals surface area contributed by atoms with Crippen LogP contribution in [0.3, 0.4) is 0 Å². The lowest BCUT2D eigenvalue weighted by molar-refractivity contribution is 0.0358. The van der Waals surface area contributed by atoms with Crippen molar-refractivity contribution in [3.05, 3.63) is 42.1 Å². The number of benzene rings is 1. The Morgan fingerprint density at radius 3 is 2.92 bits per heavy atom. The zero-order valence-corrected chi connectivity index (χ0v) is 13.9. The zero-order valence-electron chi connectivity index (χ0n) is 13.1. The van der Waals surface area contributed by atoms with E-state index in [1.54, 1.807) is 18.6 Å². The fourth-order valence-electron chi connectivity index (χ4n) is 3.88. The first-order valence-electron chi connectivity index (χ1n) is 7.81. The van der Waals surface area contributed by atoms with E-state index in [0.29, 0.717) is 13.0 Å². The molecule has 2 aliphatic heterocycles. The molecule has 4 rings (SSSR count). The third-order valence-corrected chi connectivity index (χ3v) is 6.30. The van der Waals surface area contributed by atoms with Crippen molar-refractivity contribution in [2.75, 3.05) is 19.3 Å². The first-order valence-corrected chi connectivity index (χ1v) is 9.66. The van der Waals surface area contributed by atoms with Crippen LogP contribution in [0.2, 0.25) is 0 Å². The highest BCUT2D eigenvalue weighted by molar-refractivity contribution is 7.88. The zero-order chi connectivity index (χ0) is 17.1. The Labute approximate surface area is 139 Å². The summed E-state index contributed by atoms with van der Waals surface area (Å²) in [6.07, 6.45) is 4.27. The number of aliphatic hydroxyl groups is 1. The molecule has 1 unspecified atom stereocenters. The Morgan fingerprint density at radius 1 is 1.38 bits per heavy atom. The largest absolute Gasteiger partial charge is 0.393 e. The average Bonchev–Trinajstić information content (AvgIpc) is 3.08. The number of hydrogen-bond acceptors (Lipinski definition) is 4. The highest BCUT2D eigenvalue weighted by Crippen LogP contribution is 2.45. The Hall–Kier alpha value is -1.77. The van der Waals surface area contributed by atoms with Crippen LogP contribution in [0, 0.1) is 11.7 Å². The van der Waals surface area contributed by atoms with Crippen LogP contribution in [-0.4, -0.2) is 52.8 Å². The predicted octanol–water partition coefficient (Wildman–Crippen LogP) is 1.23. The third kappa shape index (κ3) is 2.37. The minimum absolute atomic E-state index is 0.235. The number of aromatic nitrogens is 2. The van der Waals surface area contributed by atoms with Crippen LogP contribution < -0.4 is 0 Å². The Morgan fingerprint density at radius 2 is 2.17 bits per heavy atom. The van der Waals surface area contributed by atoms with Gasteiger partial charge < -0.3 is 9.67 Å². The molecule has 1 aromatic carbocycles. The van der Waals surface area contributed by atoms with E-state index >= 15 is 0 Å². The van der Waals surface area contributed by atoms with Gasteiger partial charge in [0.2, 0.25) is 10.0 Å². The van der Waals surface area contributed by atoms with Crippen LogP contribution in [0.4, 0.5) is 4.39 Å². The number of halogens is 1. The lowest BCUT2D eigenvalue weighted by Crippen LogP contribution is -2.48. The minimum atomic E-state index is -3.32. The second-order valence-corrected chi connectivity index (χ2v) is 8.49. The molecule has 8 heteroatoms. The van der Waals surface area contributed by atoms with Crippen molar-refractivity contribution in [2.24, 2.45) is 5.92 Å². The molecular formula is C16H18FN3O3S. The molecule has 1 aromatic heterocycles. The number of hydrogen-bond donors (Lipinski definition) is 1. The van der Waals surface area contributed by atoms with Gasteiger partial charge in [0, 0.05) is 24.6 Å². The molecular weight excluding hydrogens is 333 g/mol. The van der Waals surface area contributed by atoms with Crippen LogP contribution >= 0.6 is 0 Å². The number of imidazole rings is 1. The van der Waals surface area contributed by atoms with Gasteiger partial charge in [-0.1, -0.05) is 6.07 Å². The summed E-state index contributed by atoms with van der Waals surface area (Å²) in [4.78, 5) is 4.14. The molecule has 3 atom stereocenters. The van der Waals surface area contributed by atoms with Gasteiger partial charge in [-0.15, -0.1) is 0 Å². The summed E-state index contributed by atoms with van der Waals surface area (Å²) in [5.74, 6) is -0.641. The molecule has 1 fully saturated rings. The first kappa shape index (κ1) is 15.7. The summed E-state index contributed by atoms with van der Waals surface area (Å²) in [7, 11) is -3.32. The van der Waals surface area contributed by atoms with Crippen molar-refractivity contribution < 1.29 is 17.9 Å². The molecule has 0 saturated carbocycles. The number of aliphatic hydroxyl groups excluding tert-OH is 1. The number of rotatable bonds is 2. The molecule has 128 valence electrons. The SMILES string of the molecule is CS(=O)(=O)N1CC[C@H](O)[C@@H](C2c3ccc(F)cc3-c3cncn32)C1. The smallest absolute Gasteiger partial charge is 0.211 e. The van der Waals surface area contributed by atoms with E-state index in [2.05, 4.69) is 4.98 Å². The normalized spacial score (nSPS) is 27.0. The van der Waals surface area contributed by atoms with Gasteiger partial charge in [0.05, 0.1) is 36.6 Å². The Bertz CT molecular complexity index is 896. The van der Waals surface area contributed by atoms with E-state index in [1.165, 1.54) is 22.7 Å². The average molecular weight is 351 g/mol. The second kappa shape index (κ2) is 5.37. The molecule has 1 saturated heterocycles. The van der Waals surface area contributed by atoms with Gasteiger partial charge in [-0.3, -0.25) is 0 Å². The summed E-state index contributed by atoms with van der Waals surface area (Å²) in [5.41, 5.74) is 2.44. The molecule has 6 nitrogen and oxygen atoms in total. The summed E-state index contributed by atoms with van der Waals surface area (Å²) >= 11 is 0. The molecule has 3 heterocycles. The van der Waals surface area contributed by atoms with Gasteiger partial charge in [0.15, 0.2) is 0 Å². The number of nitrogens with zero attached hydrogens (tertiary/aromatic N) is 3. The van der Waals surface area contributed by atoms with Gasteiger partial charge in [-0.25, -0.2) is 22.1 Å². The van der Waals surface area contributed by atoms with Crippen molar-refractivity contribution in [3.8, 4) is 11.3 Å². The molecule has 1 N–H and O–H groups in total. The molecule has 2 aliphatic rings. The van der Waals surface area contributed by atoms with E-state index < -0.39 is 16.1 Å². The van der Waals surface area contributed by atoms with Gasteiger partial charge in [0.1, 0.15) is 5.82 Å². The first-order chi connectivity index (χ1) is 11.4. The molecule has 0 spiro atoms. The maximum absolute atomic E-state index is 13.7. The summed E-state index contributed by atoms with van der Waals surface area (Å²) in [6, 6.07) is 4.33. The second-order valence-electron chi connectivity index (χ2n) is 6.50. The van der Waals surface area contributed by atoms with Gasteiger partial charge in [-0.2, -0.15) is 0 Å². The molecule has 0 aliphatic carbocycles. The van der Waals surface area contributed by atoms with Gasteiger partial charge >= 0.3 is 0 Å². The molecule has 0 amide bonds. The van der Waals surface area contributed by atoms with Crippen LogP contribution in [0.1, 0.15) is 18.0 Å². The van der Waals surface area contributed by atoms with E-state index in [9.17, 15) is 17.9 Å². The highest BCUT2D eigenvalue weighted by atomic mass is 32.2. The molecule has 0 radical (unpaired) electrons. The monoisotopic (exact) mass is 351 g/mol. The summed E-state index contributed by atoms with van der Waals surface area (Å²) < 4.78 is 40.8. The topological polar surface area (TPSA) is 75.4 Å². The fraction of sp³-hybridized carbons (Fsp3) is 0.438. The number of piperidine rings is 1. The van der Waals surface area contributed by atoms with E-state index in [1.807, 2.05) is 4.57 Å². The lowest BCUT2D eigenvalue weighted by atomic mass is 9.85. The molecule has 24 heavy (non-hydrogen) atoms. The third-order valence-electron chi connectivity index (χ3n) is 5.03. The number of sulfonamides is 1. The van der Waals surface area contributed by atoms with Crippen LogP contribution in [0.5, 0.6) is 0 Å². The van der Waals surface area contributed by atoms with Crippen molar-refractivity contribution in [3.63, 3.8) is 0 Å². The van der Waals surface area contributed by atoms with Gasteiger partial charge in [0.25, 0.3) is 0 Å². The quantitative estimate of drug-likeness (QED) is 0.883. The van der Waals surface area contributed by atoms with Crippen molar-refractivity contribution in [1.82, 2.24) is 13.9 Å². The predicted molar refractivity (Wildman–Crippen MR) is 86.3 cm³/mol. The fourth-order valence-corrected chi connectivity index (χ4v) is 4.76. The van der Waals surface area contributed by atoms with E-state index in [0.717, 1.165) is 16.8 Å². The van der Waals surface area contributed by atoms with Crippen LogP contribution in [0.15, 0.2) is 30.7 Å². The summed E-state index contributed by atoms with van der Waals surface area (Å²) in [5, 5.41) is 10.5. The van der Waals surface area contributed by atoms with E-state index in [-0.39, 0.29) is 24.3 Å². The Kier molecular flexibility index (Phi) is 3.52. The molecule has 0 bridgehead atoms. The standard InChI is InChI=1S/C16H18FN3O3S/c1-24(22,23)19-5-4-15(21)13(8-19)16-11-3-2-10(17)6-12(11)14-7-18-9-20(14)16/h2-3,6-7,9,13,15-16,21H,4-5,8H2,1H3/t13-,15-,16?/m0/s1. The highest BCUT2D eigenvalue weighted by Gasteiger charge is 2.42. The lowest BCUT2D eigenvalue weighted by Gasteiger charge is -2.38. The Balaban J connectivity index is 1.79. The van der Waals surface area contributed by atoms with Crippen molar-refractivity contribution >= 4 is 10.0 Å².